The Kier molecular flexibility index (Phi) is 11.5. The number of aryl methyl sites for hydroxylation is 1. The summed E-state index contributed by atoms with van der Waals surface area (Å²) in [6.07, 6.45) is 0.0904. The molecule has 0 aliphatic carbocycles. The minimum Gasteiger partial charge on any atom is -0.491 e. The third-order valence-corrected chi connectivity index (χ3v) is 8.49. The number of thioether (sulfide) groups is 1. The van der Waals surface area contributed by atoms with Crippen LogP contribution in [0.4, 0.5) is 13.2 Å². The maximum Gasteiger partial charge on any atom is 0.173 e. The van der Waals surface area contributed by atoms with E-state index in [1.54, 1.807) is 12.1 Å². The molecule has 0 fully saturated rings. The van der Waals surface area contributed by atoms with Gasteiger partial charge in [0, 0.05) is 46.5 Å². The van der Waals surface area contributed by atoms with Gasteiger partial charge in [-0.1, -0.05) is 35.5 Å². The monoisotopic (exact) mass is 666 g/mol. The molecule has 0 spiro atoms. The van der Waals surface area contributed by atoms with Gasteiger partial charge in [-0.15, -0.1) is 11.6 Å². The van der Waals surface area contributed by atoms with Crippen LogP contribution in [0.3, 0.4) is 0 Å². The molecule has 5 rings (SSSR count). The Morgan fingerprint density at radius 3 is 2.36 bits per heavy atom. The highest BCUT2D eigenvalue weighted by atomic mass is 35.5. The van der Waals surface area contributed by atoms with Crippen molar-refractivity contribution in [2.24, 2.45) is 0 Å². The Hall–Kier alpha value is -2.73. The van der Waals surface area contributed by atoms with E-state index in [2.05, 4.69) is 0 Å². The fourth-order valence-electron chi connectivity index (χ4n) is 4.81. The van der Waals surface area contributed by atoms with Gasteiger partial charge in [-0.05, 0) is 48.4 Å². The van der Waals surface area contributed by atoms with E-state index < -0.39 is 17.7 Å². The Labute approximate surface area is 268 Å². The molecule has 0 saturated carbocycles. The van der Waals surface area contributed by atoms with Gasteiger partial charge in [0.05, 0.1) is 44.4 Å². The predicted molar refractivity (Wildman–Crippen MR) is 165 cm³/mol. The second-order valence-electron chi connectivity index (χ2n) is 9.96. The van der Waals surface area contributed by atoms with Crippen molar-refractivity contribution in [1.29, 1.82) is 0 Å². The van der Waals surface area contributed by atoms with Gasteiger partial charge < -0.3 is 18.9 Å². The molecule has 6 nitrogen and oxygen atoms in total. The smallest absolute Gasteiger partial charge is 0.173 e. The summed E-state index contributed by atoms with van der Waals surface area (Å²) in [6, 6.07) is 14.0. The van der Waals surface area contributed by atoms with E-state index >= 15 is 8.78 Å². The fraction of sp³-hybridized carbons (Fsp3) is 0.344. The molecule has 1 aromatic heterocycles. The fourth-order valence-corrected chi connectivity index (χ4v) is 6.10. The molecule has 4 aromatic rings. The SMILES string of the molecule is Cc1cc(C2OCCc3nc(SCc4c(F)cc(OCCOCCOCCCl)cc4F)n(-c4ccc(F)cc4)c32)ccc1Cl. The summed E-state index contributed by atoms with van der Waals surface area (Å²) < 4.78 is 68.3. The molecule has 0 saturated heterocycles. The van der Waals surface area contributed by atoms with E-state index in [1.165, 1.54) is 23.9 Å². The molecule has 1 aliphatic heterocycles. The van der Waals surface area contributed by atoms with Gasteiger partial charge in [-0.2, -0.15) is 0 Å². The van der Waals surface area contributed by atoms with E-state index in [9.17, 15) is 4.39 Å². The molecular weight excluding hydrogens is 636 g/mol. The molecule has 3 aromatic carbocycles. The zero-order chi connectivity index (χ0) is 31.1. The average molecular weight is 668 g/mol. The lowest BCUT2D eigenvalue weighted by Crippen LogP contribution is -2.20. The van der Waals surface area contributed by atoms with Gasteiger partial charge in [0.2, 0.25) is 0 Å². The molecule has 234 valence electrons. The van der Waals surface area contributed by atoms with Gasteiger partial charge in [-0.25, -0.2) is 18.2 Å². The van der Waals surface area contributed by atoms with Gasteiger partial charge in [0.15, 0.2) is 5.16 Å². The lowest BCUT2D eigenvalue weighted by molar-refractivity contribution is 0.0409. The zero-order valence-electron chi connectivity index (χ0n) is 24.0. The van der Waals surface area contributed by atoms with Gasteiger partial charge >= 0.3 is 0 Å². The largest absolute Gasteiger partial charge is 0.491 e. The van der Waals surface area contributed by atoms with E-state index in [0.29, 0.717) is 54.6 Å². The maximum absolute atomic E-state index is 15.1. The van der Waals surface area contributed by atoms with Crippen molar-refractivity contribution in [1.82, 2.24) is 9.55 Å². The first-order valence-corrected chi connectivity index (χ1v) is 16.0. The van der Waals surface area contributed by atoms with Gasteiger partial charge in [0.1, 0.15) is 35.9 Å². The highest BCUT2D eigenvalue weighted by Gasteiger charge is 2.31. The summed E-state index contributed by atoms with van der Waals surface area (Å²) >= 11 is 13.0. The second kappa shape index (κ2) is 15.5. The maximum atomic E-state index is 15.1. The Balaban J connectivity index is 1.35. The number of alkyl halides is 1. The first kappa shape index (κ1) is 32.7. The highest BCUT2D eigenvalue weighted by molar-refractivity contribution is 7.98. The van der Waals surface area contributed by atoms with Crippen molar-refractivity contribution in [2.45, 2.75) is 30.4 Å². The van der Waals surface area contributed by atoms with Gasteiger partial charge in [-0.3, -0.25) is 4.57 Å². The molecule has 1 aliphatic rings. The first-order valence-electron chi connectivity index (χ1n) is 14.1. The number of benzene rings is 3. The van der Waals surface area contributed by atoms with Crippen LogP contribution in [-0.2, 0) is 26.4 Å². The van der Waals surface area contributed by atoms with Crippen molar-refractivity contribution in [3.63, 3.8) is 0 Å². The summed E-state index contributed by atoms with van der Waals surface area (Å²) in [7, 11) is 0. The standard InChI is InChI=1S/C32H31Cl2F3N2O4S/c1-20-16-21(2-7-26(20)34)31-30-29(8-10-43-31)38-32(39(30)23-5-3-22(35)4-6-23)44-19-25-27(36)17-24(18-28(25)37)42-15-14-41-13-12-40-11-9-33/h2-7,16-18,31H,8-15,19H2,1H3. The first-order chi connectivity index (χ1) is 21.4. The van der Waals surface area contributed by atoms with Crippen molar-refractivity contribution < 1.29 is 32.1 Å². The van der Waals surface area contributed by atoms with Crippen LogP contribution >= 0.6 is 35.0 Å². The van der Waals surface area contributed by atoms with Crippen LogP contribution in [0.15, 0.2) is 59.8 Å². The van der Waals surface area contributed by atoms with E-state index in [-0.39, 0.29) is 36.1 Å². The van der Waals surface area contributed by atoms with E-state index in [1.807, 2.05) is 29.7 Å². The third-order valence-electron chi connectivity index (χ3n) is 6.95. The molecule has 12 heteroatoms. The number of imidazole rings is 1. The van der Waals surface area contributed by atoms with Crippen LogP contribution in [0.2, 0.25) is 5.02 Å². The summed E-state index contributed by atoms with van der Waals surface area (Å²) in [5.74, 6) is -1.40. The Morgan fingerprint density at radius 1 is 0.955 bits per heavy atom. The minimum absolute atomic E-state index is 0.0357. The average Bonchev–Trinajstić information content (AvgIpc) is 3.38. The summed E-state index contributed by atoms with van der Waals surface area (Å²) in [5.41, 5.74) is 3.93. The Bertz CT molecular complexity index is 1550. The number of ether oxygens (including phenoxy) is 4. The number of rotatable bonds is 14. The lowest BCUT2D eigenvalue weighted by atomic mass is 9.99. The predicted octanol–water partition coefficient (Wildman–Crippen LogP) is 7.86. The number of halogens is 5. The highest BCUT2D eigenvalue weighted by Crippen LogP contribution is 2.39. The minimum atomic E-state index is -0.731. The van der Waals surface area contributed by atoms with Crippen LogP contribution < -0.4 is 4.74 Å². The molecule has 1 atom stereocenters. The van der Waals surface area contributed by atoms with Crippen molar-refractivity contribution in [3.05, 3.63) is 105 Å². The zero-order valence-corrected chi connectivity index (χ0v) is 26.3. The van der Waals surface area contributed by atoms with Crippen LogP contribution in [0.25, 0.3) is 5.69 Å². The van der Waals surface area contributed by atoms with Crippen LogP contribution in [0.1, 0.15) is 34.2 Å². The molecule has 44 heavy (non-hydrogen) atoms. The van der Waals surface area contributed by atoms with Crippen molar-refractivity contribution in [3.8, 4) is 11.4 Å². The van der Waals surface area contributed by atoms with Crippen molar-refractivity contribution in [2.75, 3.05) is 45.5 Å². The quantitative estimate of drug-likeness (QED) is 0.0776. The molecule has 0 N–H and O–H groups in total. The van der Waals surface area contributed by atoms with E-state index in [0.717, 1.165) is 34.6 Å². The normalized spacial score (nSPS) is 14.5. The number of fused-ring (bicyclic) bond motifs is 1. The lowest BCUT2D eigenvalue weighted by Gasteiger charge is -2.26. The Morgan fingerprint density at radius 2 is 1.66 bits per heavy atom. The summed E-state index contributed by atoms with van der Waals surface area (Å²) in [6.45, 7) is 3.94. The van der Waals surface area contributed by atoms with Crippen LogP contribution in [0.5, 0.6) is 5.75 Å². The summed E-state index contributed by atoms with van der Waals surface area (Å²) in [5, 5.41) is 1.15. The number of aromatic nitrogens is 2. The molecule has 0 radical (unpaired) electrons. The number of hydrogen-bond donors (Lipinski definition) is 0. The second-order valence-corrected chi connectivity index (χ2v) is 11.7. The van der Waals surface area contributed by atoms with Crippen molar-refractivity contribution >= 4 is 35.0 Å². The number of nitrogens with zero attached hydrogens (tertiary/aromatic N) is 2. The van der Waals surface area contributed by atoms with Crippen LogP contribution in [0, 0.1) is 24.4 Å². The van der Waals surface area contributed by atoms with Crippen LogP contribution in [-0.4, -0.2) is 55.1 Å². The molecule has 0 amide bonds. The topological polar surface area (TPSA) is 54.7 Å². The van der Waals surface area contributed by atoms with E-state index in [4.69, 9.17) is 47.1 Å². The summed E-state index contributed by atoms with van der Waals surface area (Å²) in [4.78, 5) is 4.87. The van der Waals surface area contributed by atoms with Gasteiger partial charge in [0.25, 0.3) is 0 Å². The molecule has 1 unspecified atom stereocenters. The molecule has 2 heterocycles. The molecule has 0 bridgehead atoms. The molecular formula is C32H31Cl2F3N2O4S. The third kappa shape index (κ3) is 7.91. The number of hydrogen-bond acceptors (Lipinski definition) is 6.